The Labute approximate surface area is 93.1 Å². The lowest BCUT2D eigenvalue weighted by molar-refractivity contribution is 0.353. The second-order valence-corrected chi connectivity index (χ2v) is 4.11. The Kier molecular flexibility index (Phi) is 5.33. The fourth-order valence-corrected chi connectivity index (χ4v) is 1.94. The zero-order chi connectivity index (χ0) is 11.1. The lowest BCUT2D eigenvalue weighted by atomic mass is 9.95. The van der Waals surface area contributed by atoms with E-state index < -0.39 is 0 Å². The zero-order valence-electron chi connectivity index (χ0n) is 10.0. The van der Waals surface area contributed by atoms with Crippen molar-refractivity contribution in [1.82, 2.24) is 10.3 Å². The Morgan fingerprint density at radius 1 is 1.33 bits per heavy atom. The molecule has 1 aromatic heterocycles. The first-order chi connectivity index (χ1) is 7.27. The van der Waals surface area contributed by atoms with Crippen molar-refractivity contribution in [2.24, 2.45) is 5.92 Å². The summed E-state index contributed by atoms with van der Waals surface area (Å²) in [4.78, 5) is 4.11. The van der Waals surface area contributed by atoms with E-state index in [1.165, 1.54) is 18.4 Å². The Balaban J connectivity index is 2.36. The molecule has 1 rings (SSSR count). The molecule has 0 aliphatic rings. The Hall–Kier alpha value is -0.890. The molecule has 1 aromatic rings. The van der Waals surface area contributed by atoms with Crippen molar-refractivity contribution < 1.29 is 0 Å². The van der Waals surface area contributed by atoms with Crippen LogP contribution in [0.15, 0.2) is 24.5 Å². The van der Waals surface area contributed by atoms with Crippen LogP contribution >= 0.6 is 0 Å². The van der Waals surface area contributed by atoms with E-state index in [0.717, 1.165) is 12.5 Å². The normalized spacial score (nSPS) is 13.1. The highest BCUT2D eigenvalue weighted by molar-refractivity contribution is 5.07. The molecular weight excluding hydrogens is 184 g/mol. The van der Waals surface area contributed by atoms with Crippen molar-refractivity contribution in [3.63, 3.8) is 0 Å². The monoisotopic (exact) mass is 206 g/mol. The van der Waals surface area contributed by atoms with Crippen molar-refractivity contribution >= 4 is 0 Å². The Morgan fingerprint density at radius 2 is 2.07 bits per heavy atom. The molecule has 0 aromatic carbocycles. The van der Waals surface area contributed by atoms with Crippen LogP contribution in [-0.2, 0) is 6.54 Å². The van der Waals surface area contributed by atoms with Gasteiger partial charge in [-0.15, -0.1) is 0 Å². The third-order valence-electron chi connectivity index (χ3n) is 3.11. The molecule has 0 aliphatic heterocycles. The number of aromatic nitrogens is 1. The van der Waals surface area contributed by atoms with E-state index in [0.29, 0.717) is 6.04 Å². The van der Waals surface area contributed by atoms with Gasteiger partial charge in [0.05, 0.1) is 0 Å². The lowest BCUT2D eigenvalue weighted by Gasteiger charge is -2.22. The highest BCUT2D eigenvalue weighted by atomic mass is 14.9. The molecule has 0 bridgehead atoms. The largest absolute Gasteiger partial charge is 0.310 e. The van der Waals surface area contributed by atoms with E-state index in [4.69, 9.17) is 0 Å². The van der Waals surface area contributed by atoms with Crippen LogP contribution < -0.4 is 5.32 Å². The number of rotatable bonds is 6. The summed E-state index contributed by atoms with van der Waals surface area (Å²) in [6, 6.07) is 4.68. The van der Waals surface area contributed by atoms with E-state index in [2.05, 4.69) is 37.1 Å². The molecule has 0 aliphatic carbocycles. The van der Waals surface area contributed by atoms with Gasteiger partial charge in [-0.05, 0) is 24.5 Å². The highest BCUT2D eigenvalue weighted by Gasteiger charge is 2.12. The fourth-order valence-electron chi connectivity index (χ4n) is 1.94. The molecule has 0 amide bonds. The number of nitrogens with zero attached hydrogens (tertiary/aromatic N) is 1. The molecule has 0 saturated carbocycles. The molecule has 0 spiro atoms. The van der Waals surface area contributed by atoms with Crippen molar-refractivity contribution in [2.75, 3.05) is 0 Å². The molecule has 1 atom stereocenters. The lowest BCUT2D eigenvalue weighted by Crippen LogP contribution is -2.32. The fraction of sp³-hybridized carbons (Fsp3) is 0.615. The SMILES string of the molecule is CCC(CC)C(C)NCc1cccnc1. The number of hydrogen-bond acceptors (Lipinski definition) is 2. The average Bonchev–Trinajstić information content (AvgIpc) is 2.29. The standard InChI is InChI=1S/C13H22N2/c1-4-13(5-2)11(3)15-10-12-7-6-8-14-9-12/h6-9,11,13,15H,4-5,10H2,1-3H3. The van der Waals surface area contributed by atoms with Crippen molar-refractivity contribution in [3.8, 4) is 0 Å². The van der Waals surface area contributed by atoms with Gasteiger partial charge in [0.15, 0.2) is 0 Å². The Bertz CT molecular complexity index is 254. The van der Waals surface area contributed by atoms with E-state index in [-0.39, 0.29) is 0 Å². The maximum absolute atomic E-state index is 4.11. The molecule has 0 fully saturated rings. The van der Waals surface area contributed by atoms with E-state index in [1.807, 2.05) is 18.5 Å². The second kappa shape index (κ2) is 6.57. The van der Waals surface area contributed by atoms with Gasteiger partial charge in [-0.2, -0.15) is 0 Å². The van der Waals surface area contributed by atoms with Crippen LogP contribution in [0.3, 0.4) is 0 Å². The van der Waals surface area contributed by atoms with E-state index in [9.17, 15) is 0 Å². The Morgan fingerprint density at radius 3 is 2.60 bits per heavy atom. The second-order valence-electron chi connectivity index (χ2n) is 4.11. The van der Waals surface area contributed by atoms with Gasteiger partial charge in [0, 0.05) is 25.0 Å². The first-order valence-electron chi connectivity index (χ1n) is 5.90. The molecule has 1 heterocycles. The van der Waals surface area contributed by atoms with Crippen LogP contribution in [0.1, 0.15) is 39.2 Å². The van der Waals surface area contributed by atoms with Crippen LogP contribution in [0, 0.1) is 5.92 Å². The molecule has 2 nitrogen and oxygen atoms in total. The van der Waals surface area contributed by atoms with Crippen LogP contribution in [0.25, 0.3) is 0 Å². The summed E-state index contributed by atoms with van der Waals surface area (Å²) in [5.41, 5.74) is 1.26. The predicted octanol–water partition coefficient (Wildman–Crippen LogP) is 3.00. The molecule has 0 saturated heterocycles. The molecule has 84 valence electrons. The third-order valence-corrected chi connectivity index (χ3v) is 3.11. The first kappa shape index (κ1) is 12.2. The number of hydrogen-bond donors (Lipinski definition) is 1. The minimum atomic E-state index is 0.584. The van der Waals surface area contributed by atoms with Gasteiger partial charge in [-0.3, -0.25) is 4.98 Å². The summed E-state index contributed by atoms with van der Waals surface area (Å²) in [7, 11) is 0. The molecule has 1 N–H and O–H groups in total. The molecule has 15 heavy (non-hydrogen) atoms. The van der Waals surface area contributed by atoms with Gasteiger partial charge >= 0.3 is 0 Å². The molecule has 2 heteroatoms. The molecule has 1 unspecified atom stereocenters. The minimum Gasteiger partial charge on any atom is -0.310 e. The minimum absolute atomic E-state index is 0.584. The maximum Gasteiger partial charge on any atom is 0.0312 e. The quantitative estimate of drug-likeness (QED) is 0.774. The van der Waals surface area contributed by atoms with Crippen molar-refractivity contribution in [1.29, 1.82) is 0 Å². The molecule has 0 radical (unpaired) electrons. The topological polar surface area (TPSA) is 24.9 Å². The van der Waals surface area contributed by atoms with Crippen LogP contribution in [0.2, 0.25) is 0 Å². The van der Waals surface area contributed by atoms with Crippen molar-refractivity contribution in [3.05, 3.63) is 30.1 Å². The third kappa shape index (κ3) is 4.00. The van der Waals surface area contributed by atoms with Crippen LogP contribution in [0.4, 0.5) is 0 Å². The zero-order valence-corrected chi connectivity index (χ0v) is 10.0. The summed E-state index contributed by atoms with van der Waals surface area (Å²) < 4.78 is 0. The first-order valence-corrected chi connectivity index (χ1v) is 5.90. The predicted molar refractivity (Wildman–Crippen MR) is 64.6 cm³/mol. The summed E-state index contributed by atoms with van der Waals surface area (Å²) in [6.45, 7) is 7.71. The van der Waals surface area contributed by atoms with Gasteiger partial charge in [-0.25, -0.2) is 0 Å². The van der Waals surface area contributed by atoms with Gasteiger partial charge in [0.25, 0.3) is 0 Å². The van der Waals surface area contributed by atoms with Crippen LogP contribution in [0.5, 0.6) is 0 Å². The average molecular weight is 206 g/mol. The highest BCUT2D eigenvalue weighted by Crippen LogP contribution is 2.12. The van der Waals surface area contributed by atoms with E-state index in [1.54, 1.807) is 0 Å². The van der Waals surface area contributed by atoms with E-state index >= 15 is 0 Å². The van der Waals surface area contributed by atoms with Gasteiger partial charge in [0.2, 0.25) is 0 Å². The van der Waals surface area contributed by atoms with Gasteiger partial charge in [-0.1, -0.05) is 32.8 Å². The van der Waals surface area contributed by atoms with Gasteiger partial charge < -0.3 is 5.32 Å². The summed E-state index contributed by atoms with van der Waals surface area (Å²) >= 11 is 0. The number of nitrogens with one attached hydrogen (secondary N) is 1. The van der Waals surface area contributed by atoms with Crippen molar-refractivity contribution in [2.45, 2.75) is 46.2 Å². The van der Waals surface area contributed by atoms with Gasteiger partial charge in [0.1, 0.15) is 0 Å². The molecular formula is C13H22N2. The number of pyridine rings is 1. The van der Waals surface area contributed by atoms with Crippen LogP contribution in [-0.4, -0.2) is 11.0 Å². The smallest absolute Gasteiger partial charge is 0.0312 e. The summed E-state index contributed by atoms with van der Waals surface area (Å²) in [5, 5.41) is 3.56. The maximum atomic E-state index is 4.11. The summed E-state index contributed by atoms with van der Waals surface area (Å²) in [5.74, 6) is 0.779. The summed E-state index contributed by atoms with van der Waals surface area (Å²) in [6.07, 6.45) is 6.23.